The lowest BCUT2D eigenvalue weighted by atomic mass is 9.39. The van der Waals surface area contributed by atoms with Crippen LogP contribution in [0.1, 0.15) is 111 Å². The third kappa shape index (κ3) is 5.28. The Labute approximate surface area is 263 Å². The molecule has 1 spiro atoms. The van der Waals surface area contributed by atoms with E-state index in [1.165, 1.54) is 23.8 Å². The third-order valence-corrected chi connectivity index (χ3v) is 10.8. The summed E-state index contributed by atoms with van der Waals surface area (Å²) in [4.78, 5) is 44.9. The molecule has 2 N–H and O–H groups in total. The predicted octanol–water partition coefficient (Wildman–Crippen LogP) is 8.59. The number of allylic oxidation sites excluding steroid dienone is 7. The molecule has 0 aromatic heterocycles. The third-order valence-electron chi connectivity index (χ3n) is 10.8. The molecular formula is C38H50O6. The Morgan fingerprint density at radius 1 is 0.955 bits per heavy atom. The molecule has 1 aromatic rings. The molecule has 1 aliphatic heterocycles. The SMILES string of the molecule is C=C(C)CC[C@H]1C[C@]23C[C@@H](CC=C(C)C)C(C)(C)[C@](CC=C(C)C)(C(=O)C(C(=O)c4ccc(O)c(O)c4)=C2OC1(C)C)C3=O. The largest absolute Gasteiger partial charge is 0.504 e. The molecular weight excluding hydrogens is 552 g/mol. The molecule has 6 heteroatoms. The normalized spacial score (nSPS) is 28.5. The number of hydrogen-bond acceptors (Lipinski definition) is 6. The second-order valence-corrected chi connectivity index (χ2v) is 15.1. The molecule has 2 fully saturated rings. The summed E-state index contributed by atoms with van der Waals surface area (Å²) in [5.41, 5.74) is -1.00. The molecule has 44 heavy (non-hydrogen) atoms. The number of phenols is 2. The summed E-state index contributed by atoms with van der Waals surface area (Å²) in [6.45, 7) is 22.1. The van der Waals surface area contributed by atoms with Crippen molar-refractivity contribution in [3.8, 4) is 11.5 Å². The molecule has 4 atom stereocenters. The minimum absolute atomic E-state index is 0.0133. The van der Waals surface area contributed by atoms with Crippen molar-refractivity contribution in [2.75, 3.05) is 0 Å². The molecule has 1 heterocycles. The molecule has 0 radical (unpaired) electrons. The molecule has 2 aliphatic carbocycles. The van der Waals surface area contributed by atoms with Gasteiger partial charge in [0, 0.05) is 5.56 Å². The zero-order valence-corrected chi connectivity index (χ0v) is 28.0. The summed E-state index contributed by atoms with van der Waals surface area (Å²) in [7, 11) is 0. The van der Waals surface area contributed by atoms with Gasteiger partial charge in [-0.25, -0.2) is 0 Å². The number of Topliss-reactive ketones (excluding diaryl/α,β-unsaturated/α-hetero) is 3. The van der Waals surface area contributed by atoms with E-state index >= 15 is 9.59 Å². The van der Waals surface area contributed by atoms with E-state index in [9.17, 15) is 15.0 Å². The Morgan fingerprint density at radius 2 is 1.57 bits per heavy atom. The number of hydrogen-bond donors (Lipinski definition) is 2. The Bertz CT molecular complexity index is 1490. The summed E-state index contributed by atoms with van der Waals surface area (Å²) >= 11 is 0. The first-order valence-electron chi connectivity index (χ1n) is 15.8. The second kappa shape index (κ2) is 11.5. The van der Waals surface area contributed by atoms with Gasteiger partial charge in [-0.15, -0.1) is 6.58 Å². The lowest BCUT2D eigenvalue weighted by Gasteiger charge is -2.64. The summed E-state index contributed by atoms with van der Waals surface area (Å²) in [6, 6.07) is 3.80. The Hall–Kier alpha value is -3.41. The number of ketones is 3. The molecule has 3 aliphatic rings. The summed E-state index contributed by atoms with van der Waals surface area (Å²) in [5, 5.41) is 20.2. The highest BCUT2D eigenvalue weighted by atomic mass is 16.5. The van der Waals surface area contributed by atoms with E-state index in [0.717, 1.165) is 24.0 Å². The van der Waals surface area contributed by atoms with Gasteiger partial charge < -0.3 is 14.9 Å². The number of aromatic hydroxyl groups is 2. The van der Waals surface area contributed by atoms with Gasteiger partial charge in [-0.3, -0.25) is 14.4 Å². The Kier molecular flexibility index (Phi) is 8.75. The highest BCUT2D eigenvalue weighted by molar-refractivity contribution is 6.35. The predicted molar refractivity (Wildman–Crippen MR) is 173 cm³/mol. The average molecular weight is 603 g/mol. The Balaban J connectivity index is 2.08. The van der Waals surface area contributed by atoms with E-state index in [2.05, 4.69) is 26.5 Å². The van der Waals surface area contributed by atoms with Crippen molar-refractivity contribution < 1.29 is 29.3 Å². The van der Waals surface area contributed by atoms with E-state index in [1.807, 2.05) is 54.5 Å². The molecule has 6 nitrogen and oxygen atoms in total. The van der Waals surface area contributed by atoms with Crippen molar-refractivity contribution >= 4 is 17.3 Å². The van der Waals surface area contributed by atoms with Crippen molar-refractivity contribution in [2.45, 2.75) is 106 Å². The van der Waals surface area contributed by atoms with Crippen LogP contribution in [0, 0.1) is 28.1 Å². The van der Waals surface area contributed by atoms with Crippen LogP contribution < -0.4 is 0 Å². The summed E-state index contributed by atoms with van der Waals surface area (Å²) in [6.07, 6.45) is 7.55. The van der Waals surface area contributed by atoms with Crippen LogP contribution in [0.25, 0.3) is 0 Å². The minimum Gasteiger partial charge on any atom is -0.504 e. The average Bonchev–Trinajstić information content (AvgIpc) is 2.91. The monoisotopic (exact) mass is 602 g/mol. The number of ether oxygens (including phenoxy) is 1. The molecule has 4 rings (SSSR count). The van der Waals surface area contributed by atoms with Gasteiger partial charge in [-0.1, -0.05) is 42.7 Å². The van der Waals surface area contributed by atoms with Crippen LogP contribution in [0.3, 0.4) is 0 Å². The van der Waals surface area contributed by atoms with Crippen molar-refractivity contribution in [2.24, 2.45) is 28.1 Å². The maximum Gasteiger partial charge on any atom is 0.200 e. The van der Waals surface area contributed by atoms with Gasteiger partial charge in [0.15, 0.2) is 28.8 Å². The number of rotatable bonds is 9. The number of carbonyl (C=O) groups excluding carboxylic acids is 3. The van der Waals surface area contributed by atoms with Crippen LogP contribution in [-0.4, -0.2) is 33.2 Å². The molecule has 2 bridgehead atoms. The summed E-state index contributed by atoms with van der Waals surface area (Å²) in [5.74, 6) is -1.92. The second-order valence-electron chi connectivity index (χ2n) is 15.1. The lowest BCUT2D eigenvalue weighted by Crippen LogP contribution is -2.69. The zero-order chi connectivity index (χ0) is 33.0. The van der Waals surface area contributed by atoms with Crippen molar-refractivity contribution in [1.29, 1.82) is 0 Å². The first-order valence-corrected chi connectivity index (χ1v) is 15.8. The maximum absolute atomic E-state index is 15.3. The number of fused-ring (bicyclic) bond motifs is 1. The van der Waals surface area contributed by atoms with Gasteiger partial charge in [-0.2, -0.15) is 0 Å². The van der Waals surface area contributed by atoms with E-state index in [0.29, 0.717) is 19.3 Å². The van der Waals surface area contributed by atoms with Crippen LogP contribution in [0.5, 0.6) is 11.5 Å². The van der Waals surface area contributed by atoms with Crippen LogP contribution >= 0.6 is 0 Å². The molecule has 0 amide bonds. The Morgan fingerprint density at radius 3 is 2.14 bits per heavy atom. The lowest BCUT2D eigenvalue weighted by molar-refractivity contribution is -0.189. The summed E-state index contributed by atoms with van der Waals surface area (Å²) < 4.78 is 6.81. The molecule has 1 saturated heterocycles. The smallest absolute Gasteiger partial charge is 0.200 e. The highest BCUT2D eigenvalue weighted by Gasteiger charge is 2.74. The van der Waals surface area contributed by atoms with Gasteiger partial charge >= 0.3 is 0 Å². The van der Waals surface area contributed by atoms with Crippen molar-refractivity contribution in [3.05, 3.63) is 70.5 Å². The molecule has 1 aromatic carbocycles. The van der Waals surface area contributed by atoms with Gasteiger partial charge in [0.25, 0.3) is 0 Å². The van der Waals surface area contributed by atoms with Gasteiger partial charge in [0.05, 0.1) is 5.41 Å². The number of carbonyl (C=O) groups is 3. The highest BCUT2D eigenvalue weighted by Crippen LogP contribution is 2.69. The standard InChI is InChI=1S/C38H50O6/c1-22(2)11-14-26-20-37-21-27(15-12-23(3)4)36(9,10)44-33(37)30(31(41)25-13-16-28(39)29(40)19-25)32(42)38(34(37)43,35(26,7)8)18-17-24(5)6/h11,13,16-17,19,26-27,39-40H,3,12,14-15,18,20-21H2,1-2,4-10H3/t26-,27+,37-,38-/m1/s1. The first-order chi connectivity index (χ1) is 20.3. The minimum atomic E-state index is -1.49. The van der Waals surface area contributed by atoms with Gasteiger partial charge in [0.1, 0.15) is 22.3 Å². The van der Waals surface area contributed by atoms with Gasteiger partial charge in [0.2, 0.25) is 0 Å². The van der Waals surface area contributed by atoms with E-state index in [-0.39, 0.29) is 46.7 Å². The fourth-order valence-corrected chi connectivity index (χ4v) is 7.84. The maximum atomic E-state index is 15.3. The fourth-order valence-electron chi connectivity index (χ4n) is 7.84. The van der Waals surface area contributed by atoms with Crippen LogP contribution in [0.15, 0.2) is 65.0 Å². The molecule has 1 saturated carbocycles. The van der Waals surface area contributed by atoms with Crippen molar-refractivity contribution in [1.82, 2.24) is 0 Å². The van der Waals surface area contributed by atoms with Crippen molar-refractivity contribution in [3.63, 3.8) is 0 Å². The quantitative estimate of drug-likeness (QED) is 0.0965. The molecule has 238 valence electrons. The number of phenolic OH excluding ortho intramolecular Hbond substituents is 2. The molecule has 0 unspecified atom stereocenters. The van der Waals surface area contributed by atoms with Crippen LogP contribution in [0.2, 0.25) is 0 Å². The van der Waals surface area contributed by atoms with E-state index < -0.39 is 39.2 Å². The van der Waals surface area contributed by atoms with E-state index in [1.54, 1.807) is 0 Å². The van der Waals surface area contributed by atoms with Gasteiger partial charge in [-0.05, 0) is 122 Å². The van der Waals surface area contributed by atoms with E-state index in [4.69, 9.17) is 4.74 Å². The fraction of sp³-hybridized carbons (Fsp3) is 0.553. The zero-order valence-electron chi connectivity index (χ0n) is 28.0. The first kappa shape index (κ1) is 33.5. The number of benzene rings is 1. The van der Waals surface area contributed by atoms with Crippen LogP contribution in [0.4, 0.5) is 0 Å². The van der Waals surface area contributed by atoms with Crippen LogP contribution in [-0.2, 0) is 14.3 Å². The topological polar surface area (TPSA) is 101 Å².